The Bertz CT molecular complexity index is 547. The summed E-state index contributed by atoms with van der Waals surface area (Å²) in [4.78, 5) is 23.1. The van der Waals surface area contributed by atoms with Gasteiger partial charge in [-0.1, -0.05) is 26.2 Å². The summed E-state index contributed by atoms with van der Waals surface area (Å²) in [6.07, 6.45) is 8.03. The highest BCUT2D eigenvalue weighted by molar-refractivity contribution is 5.78. The number of esters is 1. The van der Waals surface area contributed by atoms with E-state index in [9.17, 15) is 19.8 Å². The van der Waals surface area contributed by atoms with E-state index in [0.29, 0.717) is 31.5 Å². The fourth-order valence-corrected chi connectivity index (χ4v) is 3.04. The molecule has 1 aromatic rings. The number of hydrogen-bond acceptors (Lipinski definition) is 5. The Balaban J connectivity index is 2.36. The molecule has 0 unspecified atom stereocenters. The number of ketones is 1. The molecule has 2 N–H and O–H groups in total. The molecule has 0 fully saturated rings. The molecule has 0 spiro atoms. The number of unbranched alkanes of at least 4 members (excludes halogenated alkanes) is 4. The fourth-order valence-electron chi connectivity index (χ4n) is 3.04. The SMILES string of the molecule is CCCCCC(=O)CCCCC[C@H](Cc1cc(O)cc(O)c1)OC(C)=O. The van der Waals surface area contributed by atoms with Gasteiger partial charge in [0.05, 0.1) is 0 Å². The third kappa shape index (κ3) is 10.1. The molecule has 0 heterocycles. The summed E-state index contributed by atoms with van der Waals surface area (Å²) in [6, 6.07) is 4.39. The van der Waals surface area contributed by atoms with E-state index in [1.165, 1.54) is 13.0 Å². The first kappa shape index (κ1) is 22.0. The molecule has 5 nitrogen and oxygen atoms in total. The number of Topliss-reactive ketones (excluding diaryl/α,β-unsaturated/α-hetero) is 1. The van der Waals surface area contributed by atoms with E-state index < -0.39 is 0 Å². The standard InChI is InChI=1S/C21H32O5/c1-3-4-6-9-18(23)10-7-5-8-11-21(26-16(2)22)14-17-12-19(24)15-20(25)13-17/h12-13,15,21,24-25H,3-11,14H2,1-2H3/t21-/m1/s1. The van der Waals surface area contributed by atoms with E-state index >= 15 is 0 Å². The zero-order valence-electron chi connectivity index (χ0n) is 16.0. The molecule has 0 radical (unpaired) electrons. The van der Waals surface area contributed by atoms with E-state index in [0.717, 1.165) is 44.1 Å². The lowest BCUT2D eigenvalue weighted by Crippen LogP contribution is -2.19. The van der Waals surface area contributed by atoms with Gasteiger partial charge in [0, 0.05) is 32.3 Å². The van der Waals surface area contributed by atoms with Crippen molar-refractivity contribution in [3.63, 3.8) is 0 Å². The Morgan fingerprint density at radius 1 is 0.962 bits per heavy atom. The van der Waals surface area contributed by atoms with Crippen molar-refractivity contribution >= 4 is 11.8 Å². The molecular weight excluding hydrogens is 332 g/mol. The van der Waals surface area contributed by atoms with Gasteiger partial charge < -0.3 is 14.9 Å². The second kappa shape index (κ2) is 12.3. The Morgan fingerprint density at radius 2 is 1.58 bits per heavy atom. The first-order valence-electron chi connectivity index (χ1n) is 9.61. The number of carbonyl (C=O) groups is 2. The van der Waals surface area contributed by atoms with Gasteiger partial charge >= 0.3 is 5.97 Å². The number of phenolic OH excluding ortho intramolecular Hbond substituents is 2. The lowest BCUT2D eigenvalue weighted by molar-refractivity contribution is -0.146. The van der Waals surface area contributed by atoms with Crippen LogP contribution in [0, 0.1) is 0 Å². The smallest absolute Gasteiger partial charge is 0.302 e. The van der Waals surface area contributed by atoms with Crippen LogP contribution < -0.4 is 0 Å². The van der Waals surface area contributed by atoms with Crippen LogP contribution in [0.25, 0.3) is 0 Å². The highest BCUT2D eigenvalue weighted by atomic mass is 16.5. The second-order valence-corrected chi connectivity index (χ2v) is 6.89. The molecule has 1 atom stereocenters. The van der Waals surface area contributed by atoms with E-state index in [2.05, 4.69) is 6.92 Å². The first-order chi connectivity index (χ1) is 12.4. The molecule has 0 aliphatic carbocycles. The average Bonchev–Trinajstić information content (AvgIpc) is 2.53. The molecule has 146 valence electrons. The molecule has 5 heteroatoms. The first-order valence-corrected chi connectivity index (χ1v) is 9.61. The monoisotopic (exact) mass is 364 g/mol. The van der Waals surface area contributed by atoms with Crippen LogP contribution in [0.15, 0.2) is 18.2 Å². The van der Waals surface area contributed by atoms with Gasteiger partial charge in [-0.25, -0.2) is 0 Å². The van der Waals surface area contributed by atoms with Crippen LogP contribution in [0.2, 0.25) is 0 Å². The molecule has 0 bridgehead atoms. The Hall–Kier alpha value is -2.04. The van der Waals surface area contributed by atoms with Crippen molar-refractivity contribution in [2.45, 2.75) is 84.2 Å². The van der Waals surface area contributed by atoms with Crippen LogP contribution in [0.5, 0.6) is 11.5 Å². The summed E-state index contributed by atoms with van der Waals surface area (Å²) in [7, 11) is 0. The number of benzene rings is 1. The molecule has 0 saturated carbocycles. The number of phenols is 2. The van der Waals surface area contributed by atoms with Gasteiger partial charge in [-0.2, -0.15) is 0 Å². The Morgan fingerprint density at radius 3 is 2.15 bits per heavy atom. The molecule has 0 aliphatic rings. The van der Waals surface area contributed by atoms with Crippen molar-refractivity contribution in [2.24, 2.45) is 0 Å². The third-order valence-corrected chi connectivity index (χ3v) is 4.30. The molecule has 1 aromatic carbocycles. The van der Waals surface area contributed by atoms with Crippen LogP contribution in [0.1, 0.15) is 77.2 Å². The van der Waals surface area contributed by atoms with Crippen molar-refractivity contribution < 1.29 is 24.5 Å². The number of rotatable bonds is 13. The zero-order chi connectivity index (χ0) is 19.4. The van der Waals surface area contributed by atoms with Crippen LogP contribution in [-0.2, 0) is 20.7 Å². The minimum Gasteiger partial charge on any atom is -0.508 e. The predicted molar refractivity (Wildman–Crippen MR) is 101 cm³/mol. The topological polar surface area (TPSA) is 83.8 Å². The molecule has 1 rings (SSSR count). The lowest BCUT2D eigenvalue weighted by atomic mass is 10.0. The number of hydrogen-bond donors (Lipinski definition) is 2. The van der Waals surface area contributed by atoms with Gasteiger partial charge in [0.2, 0.25) is 0 Å². The number of aromatic hydroxyl groups is 2. The summed E-state index contributed by atoms with van der Waals surface area (Å²) in [6.45, 7) is 3.50. The molecule has 0 aliphatic heterocycles. The van der Waals surface area contributed by atoms with Gasteiger partial charge in [-0.15, -0.1) is 0 Å². The van der Waals surface area contributed by atoms with Crippen LogP contribution in [-0.4, -0.2) is 28.1 Å². The quantitative estimate of drug-likeness (QED) is 0.392. The summed E-state index contributed by atoms with van der Waals surface area (Å²) >= 11 is 0. The summed E-state index contributed by atoms with van der Waals surface area (Å²) in [5.74, 6) is -0.0259. The maximum absolute atomic E-state index is 11.7. The van der Waals surface area contributed by atoms with E-state index in [1.54, 1.807) is 12.1 Å². The third-order valence-electron chi connectivity index (χ3n) is 4.30. The van der Waals surface area contributed by atoms with Gasteiger partial charge in [0.25, 0.3) is 0 Å². The average molecular weight is 364 g/mol. The Kier molecular flexibility index (Phi) is 10.4. The molecule has 0 aromatic heterocycles. The largest absolute Gasteiger partial charge is 0.508 e. The van der Waals surface area contributed by atoms with Crippen molar-refractivity contribution in [3.05, 3.63) is 23.8 Å². The predicted octanol–water partition coefficient (Wildman–Crippen LogP) is 4.67. The molecule has 0 amide bonds. The van der Waals surface area contributed by atoms with E-state index in [4.69, 9.17) is 4.74 Å². The minimum atomic E-state index is -0.342. The van der Waals surface area contributed by atoms with Crippen LogP contribution >= 0.6 is 0 Å². The minimum absolute atomic E-state index is 0.0110. The highest BCUT2D eigenvalue weighted by Gasteiger charge is 2.14. The van der Waals surface area contributed by atoms with Crippen LogP contribution in [0.3, 0.4) is 0 Å². The zero-order valence-corrected chi connectivity index (χ0v) is 16.0. The number of ether oxygens (including phenoxy) is 1. The van der Waals surface area contributed by atoms with Gasteiger partial charge in [-0.05, 0) is 43.4 Å². The maximum Gasteiger partial charge on any atom is 0.302 e. The van der Waals surface area contributed by atoms with Gasteiger partial charge in [0.1, 0.15) is 23.4 Å². The van der Waals surface area contributed by atoms with Crippen molar-refractivity contribution in [1.29, 1.82) is 0 Å². The van der Waals surface area contributed by atoms with Crippen molar-refractivity contribution in [3.8, 4) is 11.5 Å². The fraction of sp³-hybridized carbons (Fsp3) is 0.619. The van der Waals surface area contributed by atoms with Gasteiger partial charge in [-0.3, -0.25) is 9.59 Å². The van der Waals surface area contributed by atoms with Crippen molar-refractivity contribution in [1.82, 2.24) is 0 Å². The van der Waals surface area contributed by atoms with E-state index in [1.807, 2.05) is 0 Å². The molecular formula is C21H32O5. The highest BCUT2D eigenvalue weighted by Crippen LogP contribution is 2.23. The molecule has 0 saturated heterocycles. The second-order valence-electron chi connectivity index (χ2n) is 6.89. The molecule has 26 heavy (non-hydrogen) atoms. The maximum atomic E-state index is 11.7. The Labute approximate surface area is 156 Å². The normalized spacial score (nSPS) is 11.9. The van der Waals surface area contributed by atoms with E-state index in [-0.39, 0.29) is 23.6 Å². The number of carbonyl (C=O) groups excluding carboxylic acids is 2. The summed E-state index contributed by atoms with van der Waals surface area (Å²) in [5.41, 5.74) is 0.722. The van der Waals surface area contributed by atoms with Gasteiger partial charge in [0.15, 0.2) is 0 Å². The summed E-state index contributed by atoms with van der Waals surface area (Å²) < 4.78 is 5.36. The summed E-state index contributed by atoms with van der Waals surface area (Å²) in [5, 5.41) is 19.1. The van der Waals surface area contributed by atoms with Crippen LogP contribution in [0.4, 0.5) is 0 Å². The van der Waals surface area contributed by atoms with Crippen molar-refractivity contribution in [2.75, 3.05) is 0 Å². The lowest BCUT2D eigenvalue weighted by Gasteiger charge is -2.17.